The Kier molecular flexibility index (Phi) is 5.57. The molecule has 9 nitrogen and oxygen atoms in total. The second kappa shape index (κ2) is 8.61. The Hall–Kier alpha value is -3.27. The number of methoxy groups -OCH3 is 1. The summed E-state index contributed by atoms with van der Waals surface area (Å²) in [7, 11) is 1.64. The van der Waals surface area contributed by atoms with Crippen molar-refractivity contribution >= 4 is 11.8 Å². The number of benzene rings is 1. The van der Waals surface area contributed by atoms with E-state index in [0.717, 1.165) is 34.3 Å². The standard InChI is InChI=1S/C18H17N7O2S/c1-26-15-6-4-14(5-7-15)25-18(21-23-24-25)28-12-2-3-16-20-17(22-27-16)13-8-10-19-11-9-13/h4-11H,2-3,12H2,1H3. The monoisotopic (exact) mass is 395 g/mol. The van der Waals surface area contributed by atoms with Crippen LogP contribution in [0.2, 0.25) is 0 Å². The first-order valence-electron chi connectivity index (χ1n) is 8.62. The van der Waals surface area contributed by atoms with E-state index >= 15 is 0 Å². The second-order valence-corrected chi connectivity index (χ2v) is 6.83. The van der Waals surface area contributed by atoms with Crippen LogP contribution in [-0.4, -0.2) is 48.2 Å². The van der Waals surface area contributed by atoms with Gasteiger partial charge in [0, 0.05) is 30.1 Å². The molecule has 4 aromatic rings. The van der Waals surface area contributed by atoms with E-state index in [1.807, 2.05) is 36.4 Å². The van der Waals surface area contributed by atoms with Crippen molar-refractivity contribution in [1.29, 1.82) is 0 Å². The van der Waals surface area contributed by atoms with Gasteiger partial charge in [-0.05, 0) is 53.2 Å². The molecular formula is C18H17N7O2S. The summed E-state index contributed by atoms with van der Waals surface area (Å²) in [6.45, 7) is 0. The molecule has 0 N–H and O–H groups in total. The highest BCUT2D eigenvalue weighted by Gasteiger charge is 2.11. The zero-order valence-electron chi connectivity index (χ0n) is 15.1. The van der Waals surface area contributed by atoms with E-state index < -0.39 is 0 Å². The van der Waals surface area contributed by atoms with Crippen molar-refractivity contribution in [3.8, 4) is 22.8 Å². The SMILES string of the molecule is COc1ccc(-n2nnnc2SCCCc2nc(-c3ccncc3)no2)cc1. The van der Waals surface area contributed by atoms with Gasteiger partial charge in [-0.1, -0.05) is 16.9 Å². The Balaban J connectivity index is 1.32. The van der Waals surface area contributed by atoms with E-state index in [0.29, 0.717) is 18.1 Å². The van der Waals surface area contributed by atoms with Crippen molar-refractivity contribution in [3.05, 3.63) is 54.7 Å². The lowest BCUT2D eigenvalue weighted by Gasteiger charge is -2.05. The van der Waals surface area contributed by atoms with Crippen LogP contribution < -0.4 is 4.74 Å². The number of ether oxygens (including phenoxy) is 1. The van der Waals surface area contributed by atoms with Gasteiger partial charge in [0.15, 0.2) is 0 Å². The van der Waals surface area contributed by atoms with Crippen LogP contribution in [0.5, 0.6) is 5.75 Å². The smallest absolute Gasteiger partial charge is 0.226 e. The van der Waals surface area contributed by atoms with Gasteiger partial charge in [-0.2, -0.15) is 9.67 Å². The average molecular weight is 395 g/mol. The van der Waals surface area contributed by atoms with Crippen molar-refractivity contribution < 1.29 is 9.26 Å². The predicted molar refractivity (Wildman–Crippen MR) is 102 cm³/mol. The summed E-state index contributed by atoms with van der Waals surface area (Å²) in [5.74, 6) is 2.80. The number of thioether (sulfide) groups is 1. The average Bonchev–Trinajstić information content (AvgIpc) is 3.42. The fourth-order valence-corrected chi connectivity index (χ4v) is 3.35. The Labute approximate surface area is 165 Å². The van der Waals surface area contributed by atoms with Crippen LogP contribution in [-0.2, 0) is 6.42 Å². The molecule has 3 heterocycles. The van der Waals surface area contributed by atoms with Gasteiger partial charge in [-0.15, -0.1) is 5.10 Å². The number of aryl methyl sites for hydroxylation is 1. The molecule has 3 aromatic heterocycles. The number of hydrogen-bond donors (Lipinski definition) is 0. The molecule has 0 aliphatic carbocycles. The minimum Gasteiger partial charge on any atom is -0.497 e. The summed E-state index contributed by atoms with van der Waals surface area (Å²) in [6.07, 6.45) is 4.96. The summed E-state index contributed by atoms with van der Waals surface area (Å²) in [4.78, 5) is 8.41. The van der Waals surface area contributed by atoms with Gasteiger partial charge in [0.1, 0.15) is 5.75 Å². The largest absolute Gasteiger partial charge is 0.497 e. The van der Waals surface area contributed by atoms with Crippen molar-refractivity contribution in [2.75, 3.05) is 12.9 Å². The van der Waals surface area contributed by atoms with Gasteiger partial charge in [0.25, 0.3) is 0 Å². The Morgan fingerprint density at radius 1 is 1.11 bits per heavy atom. The molecule has 4 rings (SSSR count). The van der Waals surface area contributed by atoms with Crippen molar-refractivity contribution in [2.24, 2.45) is 0 Å². The third-order valence-corrected chi connectivity index (χ3v) is 4.94. The molecule has 1 aromatic carbocycles. The fourth-order valence-electron chi connectivity index (χ4n) is 2.52. The van der Waals surface area contributed by atoms with Crippen molar-refractivity contribution in [1.82, 2.24) is 35.3 Å². The van der Waals surface area contributed by atoms with Crippen LogP contribution in [0.3, 0.4) is 0 Å². The first kappa shape index (κ1) is 18.1. The van der Waals surface area contributed by atoms with E-state index in [-0.39, 0.29) is 0 Å². The minimum atomic E-state index is 0.577. The number of nitrogens with zero attached hydrogens (tertiary/aromatic N) is 7. The molecule has 142 valence electrons. The first-order chi connectivity index (χ1) is 13.8. The van der Waals surface area contributed by atoms with E-state index in [1.165, 1.54) is 0 Å². The van der Waals surface area contributed by atoms with Gasteiger partial charge in [-0.3, -0.25) is 4.98 Å². The van der Waals surface area contributed by atoms with Crippen LogP contribution in [0, 0.1) is 0 Å². The second-order valence-electron chi connectivity index (χ2n) is 5.77. The Morgan fingerprint density at radius 3 is 2.71 bits per heavy atom. The maximum absolute atomic E-state index is 5.32. The lowest BCUT2D eigenvalue weighted by atomic mass is 10.2. The molecule has 0 radical (unpaired) electrons. The highest BCUT2D eigenvalue weighted by Crippen LogP contribution is 2.21. The molecule has 0 spiro atoms. The fraction of sp³-hybridized carbons (Fsp3) is 0.222. The normalized spacial score (nSPS) is 10.9. The molecule has 0 fully saturated rings. The van der Waals surface area contributed by atoms with Crippen LogP contribution in [0.15, 0.2) is 58.5 Å². The maximum Gasteiger partial charge on any atom is 0.226 e. The lowest BCUT2D eigenvalue weighted by Crippen LogP contribution is -1.99. The van der Waals surface area contributed by atoms with Crippen LogP contribution in [0.25, 0.3) is 17.1 Å². The van der Waals surface area contributed by atoms with Crippen molar-refractivity contribution in [3.63, 3.8) is 0 Å². The Bertz CT molecular complexity index is 1020. The maximum atomic E-state index is 5.32. The number of pyridine rings is 1. The third kappa shape index (κ3) is 4.17. The summed E-state index contributed by atoms with van der Waals surface area (Å²) in [6, 6.07) is 11.3. The van der Waals surface area contributed by atoms with Gasteiger partial charge < -0.3 is 9.26 Å². The van der Waals surface area contributed by atoms with E-state index in [2.05, 4.69) is 30.7 Å². The van der Waals surface area contributed by atoms with Crippen LogP contribution in [0.1, 0.15) is 12.3 Å². The predicted octanol–water partition coefficient (Wildman–Crippen LogP) is 2.84. The third-order valence-electron chi connectivity index (χ3n) is 3.93. The first-order valence-corrected chi connectivity index (χ1v) is 9.60. The molecule has 0 amide bonds. The number of hydrogen-bond acceptors (Lipinski definition) is 9. The molecule has 0 bridgehead atoms. The zero-order chi connectivity index (χ0) is 19.2. The van der Waals surface area contributed by atoms with Gasteiger partial charge >= 0.3 is 0 Å². The summed E-state index contributed by atoms with van der Waals surface area (Å²) in [5, 5.41) is 16.7. The molecule has 0 aliphatic rings. The zero-order valence-corrected chi connectivity index (χ0v) is 15.9. The number of aromatic nitrogens is 7. The summed E-state index contributed by atoms with van der Waals surface area (Å²) < 4.78 is 12.2. The molecule has 0 saturated carbocycles. The van der Waals surface area contributed by atoms with Crippen LogP contribution in [0.4, 0.5) is 0 Å². The van der Waals surface area contributed by atoms with Gasteiger partial charge in [-0.25, -0.2) is 0 Å². The molecule has 0 saturated heterocycles. The van der Waals surface area contributed by atoms with E-state index in [1.54, 1.807) is 35.9 Å². The molecular weight excluding hydrogens is 378 g/mol. The lowest BCUT2D eigenvalue weighted by molar-refractivity contribution is 0.378. The molecule has 0 atom stereocenters. The Morgan fingerprint density at radius 2 is 1.93 bits per heavy atom. The molecule has 10 heteroatoms. The number of tetrazole rings is 1. The minimum absolute atomic E-state index is 0.577. The summed E-state index contributed by atoms with van der Waals surface area (Å²) >= 11 is 1.58. The van der Waals surface area contributed by atoms with E-state index in [9.17, 15) is 0 Å². The highest BCUT2D eigenvalue weighted by molar-refractivity contribution is 7.99. The molecule has 28 heavy (non-hydrogen) atoms. The quantitative estimate of drug-likeness (QED) is 0.329. The number of rotatable bonds is 8. The van der Waals surface area contributed by atoms with Gasteiger partial charge in [0.2, 0.25) is 16.9 Å². The van der Waals surface area contributed by atoms with Crippen molar-refractivity contribution in [2.45, 2.75) is 18.0 Å². The van der Waals surface area contributed by atoms with Gasteiger partial charge in [0.05, 0.1) is 12.8 Å². The van der Waals surface area contributed by atoms with E-state index in [4.69, 9.17) is 9.26 Å². The highest BCUT2D eigenvalue weighted by atomic mass is 32.2. The summed E-state index contributed by atoms with van der Waals surface area (Å²) in [5.41, 5.74) is 1.77. The molecule has 0 unspecified atom stereocenters. The van der Waals surface area contributed by atoms with Crippen LogP contribution >= 0.6 is 11.8 Å². The molecule has 0 aliphatic heterocycles. The topological polar surface area (TPSA) is 105 Å².